The van der Waals surface area contributed by atoms with Crippen LogP contribution in [0.2, 0.25) is 0 Å². The number of aliphatic hydroxyl groups excluding tert-OH is 1. The summed E-state index contributed by atoms with van der Waals surface area (Å²) in [6.45, 7) is 6.36. The molecule has 108 valence electrons. The van der Waals surface area contributed by atoms with Crippen LogP contribution in [-0.4, -0.2) is 37.9 Å². The first kappa shape index (κ1) is 17.1. The van der Waals surface area contributed by atoms with Crippen LogP contribution in [0.1, 0.15) is 40.5 Å². The average molecular weight is 282 g/mol. The van der Waals surface area contributed by atoms with Gasteiger partial charge in [0.05, 0.1) is 18.2 Å². The summed E-state index contributed by atoms with van der Waals surface area (Å²) >= 11 is 0. The van der Waals surface area contributed by atoms with E-state index in [0.717, 1.165) is 0 Å². The maximum absolute atomic E-state index is 11.7. The minimum atomic E-state index is -4.05. The summed E-state index contributed by atoms with van der Waals surface area (Å²) in [7, 11) is -4.05. The van der Waals surface area contributed by atoms with E-state index in [1.165, 1.54) is 0 Å². The fourth-order valence-corrected chi connectivity index (χ4v) is 2.55. The molecule has 0 radical (unpaired) electrons. The Bertz CT molecular complexity index is 354. The van der Waals surface area contributed by atoms with E-state index in [1.807, 2.05) is 0 Å². The van der Waals surface area contributed by atoms with Crippen LogP contribution in [0.15, 0.2) is 0 Å². The standard InChI is InChI=1S/C10H22N2O5S/c1-5-10(6-2,7-13)12-18(15,16)11-9(14)17-8(3)4/h8,12-13H,5-7H2,1-4H3,(H,11,14). The molecule has 0 aromatic carbocycles. The van der Waals surface area contributed by atoms with Gasteiger partial charge in [0.15, 0.2) is 0 Å². The van der Waals surface area contributed by atoms with Crippen molar-refractivity contribution in [2.75, 3.05) is 6.61 Å². The molecule has 3 N–H and O–H groups in total. The molecule has 0 aliphatic carbocycles. The van der Waals surface area contributed by atoms with Crippen LogP contribution in [-0.2, 0) is 14.9 Å². The number of nitrogens with one attached hydrogen (secondary N) is 2. The lowest BCUT2D eigenvalue weighted by atomic mass is 9.96. The first-order valence-corrected chi connectivity index (χ1v) is 7.31. The molecule has 0 aliphatic rings. The molecular weight excluding hydrogens is 260 g/mol. The van der Waals surface area contributed by atoms with E-state index in [2.05, 4.69) is 9.46 Å². The van der Waals surface area contributed by atoms with Crippen molar-refractivity contribution < 1.29 is 23.1 Å². The number of carbonyl (C=O) groups excluding carboxylic acids is 1. The smallest absolute Gasteiger partial charge is 0.422 e. The molecule has 0 fully saturated rings. The Morgan fingerprint density at radius 3 is 2.17 bits per heavy atom. The van der Waals surface area contributed by atoms with Crippen LogP contribution in [0.3, 0.4) is 0 Å². The van der Waals surface area contributed by atoms with Crippen molar-refractivity contribution in [2.45, 2.75) is 52.2 Å². The number of amides is 1. The highest BCUT2D eigenvalue weighted by Gasteiger charge is 2.31. The van der Waals surface area contributed by atoms with Crippen molar-refractivity contribution in [3.05, 3.63) is 0 Å². The van der Waals surface area contributed by atoms with Crippen molar-refractivity contribution in [2.24, 2.45) is 0 Å². The highest BCUT2D eigenvalue weighted by molar-refractivity contribution is 7.88. The zero-order valence-electron chi connectivity index (χ0n) is 11.2. The quantitative estimate of drug-likeness (QED) is 0.631. The van der Waals surface area contributed by atoms with E-state index in [1.54, 1.807) is 32.4 Å². The fraction of sp³-hybridized carbons (Fsp3) is 0.900. The summed E-state index contributed by atoms with van der Waals surface area (Å²) in [5.41, 5.74) is -0.968. The van der Waals surface area contributed by atoms with Gasteiger partial charge in [0.2, 0.25) is 0 Å². The number of hydrogen-bond acceptors (Lipinski definition) is 5. The molecule has 0 aromatic heterocycles. The monoisotopic (exact) mass is 282 g/mol. The number of aliphatic hydroxyl groups is 1. The molecule has 8 heteroatoms. The third-order valence-corrected chi connectivity index (χ3v) is 3.70. The van der Waals surface area contributed by atoms with E-state index >= 15 is 0 Å². The minimum Gasteiger partial charge on any atom is -0.446 e. The van der Waals surface area contributed by atoms with E-state index in [9.17, 15) is 18.3 Å². The third-order valence-electron chi connectivity index (χ3n) is 2.57. The van der Waals surface area contributed by atoms with Gasteiger partial charge in [-0.1, -0.05) is 13.8 Å². The number of ether oxygens (including phenoxy) is 1. The van der Waals surface area contributed by atoms with Crippen molar-refractivity contribution in [1.29, 1.82) is 0 Å². The van der Waals surface area contributed by atoms with Crippen molar-refractivity contribution in [1.82, 2.24) is 9.44 Å². The molecule has 0 rings (SSSR count). The minimum absolute atomic E-state index is 0.347. The first-order valence-electron chi connectivity index (χ1n) is 5.83. The lowest BCUT2D eigenvalue weighted by molar-refractivity contribution is 0.121. The summed E-state index contributed by atoms with van der Waals surface area (Å²) < 4.78 is 32.0. The maximum Gasteiger partial charge on any atom is 0.422 e. The van der Waals surface area contributed by atoms with E-state index < -0.39 is 27.9 Å². The summed E-state index contributed by atoms with van der Waals surface area (Å²) in [5, 5.41) is 9.25. The number of carbonyl (C=O) groups is 1. The molecule has 1 amide bonds. The predicted octanol–water partition coefficient (Wildman–Crippen LogP) is 0.507. The molecule has 0 heterocycles. The molecule has 0 saturated heterocycles. The van der Waals surface area contributed by atoms with Crippen LogP contribution < -0.4 is 9.44 Å². The van der Waals surface area contributed by atoms with E-state index in [4.69, 9.17) is 0 Å². The van der Waals surface area contributed by atoms with Gasteiger partial charge in [-0.15, -0.1) is 0 Å². The topological polar surface area (TPSA) is 105 Å². The molecule has 0 aliphatic heterocycles. The number of hydrogen-bond donors (Lipinski definition) is 3. The second-order valence-corrected chi connectivity index (χ2v) is 5.72. The Kier molecular flexibility index (Phi) is 6.58. The Hall–Kier alpha value is -0.860. The van der Waals surface area contributed by atoms with Crippen LogP contribution in [0, 0.1) is 0 Å². The summed E-state index contributed by atoms with van der Waals surface area (Å²) in [6.07, 6.45) is -0.656. The molecule has 0 aromatic rings. The van der Waals surface area contributed by atoms with Crippen molar-refractivity contribution in [3.63, 3.8) is 0 Å². The molecule has 0 atom stereocenters. The molecule has 0 bridgehead atoms. The van der Waals surface area contributed by atoms with Gasteiger partial charge in [-0.05, 0) is 26.7 Å². The molecule has 7 nitrogen and oxygen atoms in total. The van der Waals surface area contributed by atoms with Crippen molar-refractivity contribution in [3.8, 4) is 0 Å². The second-order valence-electron chi connectivity index (χ2n) is 4.31. The molecule has 0 unspecified atom stereocenters. The van der Waals surface area contributed by atoms with E-state index in [0.29, 0.717) is 12.8 Å². The average Bonchev–Trinajstić information content (AvgIpc) is 2.24. The Labute approximate surface area is 108 Å². The summed E-state index contributed by atoms with van der Waals surface area (Å²) in [5.74, 6) is 0. The summed E-state index contributed by atoms with van der Waals surface area (Å²) in [4.78, 5) is 11.2. The van der Waals surface area contributed by atoms with Gasteiger partial charge in [-0.25, -0.2) is 9.52 Å². The van der Waals surface area contributed by atoms with Gasteiger partial charge in [-0.3, -0.25) is 0 Å². The normalized spacial score (nSPS) is 12.6. The predicted molar refractivity (Wildman–Crippen MR) is 67.2 cm³/mol. The van der Waals surface area contributed by atoms with Crippen LogP contribution in [0.25, 0.3) is 0 Å². The van der Waals surface area contributed by atoms with Gasteiger partial charge in [-0.2, -0.15) is 13.1 Å². The Morgan fingerprint density at radius 2 is 1.83 bits per heavy atom. The van der Waals surface area contributed by atoms with Gasteiger partial charge >= 0.3 is 16.3 Å². The van der Waals surface area contributed by atoms with Crippen LogP contribution in [0.5, 0.6) is 0 Å². The third kappa shape index (κ3) is 5.65. The fourth-order valence-electron chi connectivity index (χ4n) is 1.31. The van der Waals surface area contributed by atoms with Gasteiger partial charge in [0.25, 0.3) is 0 Å². The lowest BCUT2D eigenvalue weighted by Crippen LogP contribution is -2.55. The maximum atomic E-state index is 11.7. The Balaban J connectivity index is 4.70. The Morgan fingerprint density at radius 1 is 1.33 bits per heavy atom. The van der Waals surface area contributed by atoms with Crippen molar-refractivity contribution >= 4 is 16.3 Å². The SMILES string of the molecule is CCC(CC)(CO)NS(=O)(=O)NC(=O)OC(C)C. The highest BCUT2D eigenvalue weighted by Crippen LogP contribution is 2.15. The summed E-state index contributed by atoms with van der Waals surface area (Å²) in [6, 6.07) is 0. The van der Waals surface area contributed by atoms with Crippen LogP contribution >= 0.6 is 0 Å². The zero-order chi connectivity index (χ0) is 14.4. The zero-order valence-corrected chi connectivity index (χ0v) is 12.0. The first-order chi connectivity index (χ1) is 8.20. The second kappa shape index (κ2) is 6.91. The molecule has 18 heavy (non-hydrogen) atoms. The highest BCUT2D eigenvalue weighted by atomic mass is 32.2. The molecule has 0 saturated carbocycles. The lowest BCUT2D eigenvalue weighted by Gasteiger charge is -2.29. The number of rotatable bonds is 7. The van der Waals surface area contributed by atoms with Gasteiger partial charge in [0.1, 0.15) is 0 Å². The van der Waals surface area contributed by atoms with Crippen LogP contribution in [0.4, 0.5) is 4.79 Å². The molecular formula is C10H22N2O5S. The largest absolute Gasteiger partial charge is 0.446 e. The van der Waals surface area contributed by atoms with Gasteiger partial charge < -0.3 is 9.84 Å². The van der Waals surface area contributed by atoms with E-state index in [-0.39, 0.29) is 6.61 Å². The van der Waals surface area contributed by atoms with Gasteiger partial charge in [0, 0.05) is 0 Å². The molecule has 0 spiro atoms.